The van der Waals surface area contributed by atoms with Gasteiger partial charge >= 0.3 is 0 Å². The number of hydrogen-bond acceptors (Lipinski definition) is 2. The van der Waals surface area contributed by atoms with Crippen molar-refractivity contribution in [2.24, 2.45) is 7.05 Å². The van der Waals surface area contributed by atoms with E-state index >= 15 is 0 Å². The molecular formula is C14H15ClN4. The SMILES string of the molecule is CC(Cl)c1nc2ccccc2n1Cc1ccnn1C. The summed E-state index contributed by atoms with van der Waals surface area (Å²) in [6.07, 6.45) is 1.80. The van der Waals surface area contributed by atoms with Gasteiger partial charge in [-0.1, -0.05) is 12.1 Å². The van der Waals surface area contributed by atoms with E-state index in [0.29, 0.717) is 0 Å². The fourth-order valence-corrected chi connectivity index (χ4v) is 2.45. The Labute approximate surface area is 116 Å². The molecule has 3 aromatic rings. The summed E-state index contributed by atoms with van der Waals surface area (Å²) in [7, 11) is 1.94. The lowest BCUT2D eigenvalue weighted by Gasteiger charge is -2.10. The summed E-state index contributed by atoms with van der Waals surface area (Å²) in [5.74, 6) is 0.893. The highest BCUT2D eigenvalue weighted by Gasteiger charge is 2.15. The number of benzene rings is 1. The summed E-state index contributed by atoms with van der Waals surface area (Å²) in [4.78, 5) is 4.62. The lowest BCUT2D eigenvalue weighted by Crippen LogP contribution is -2.09. The molecular weight excluding hydrogens is 260 g/mol. The molecule has 0 aliphatic carbocycles. The van der Waals surface area contributed by atoms with Crippen LogP contribution in [0.3, 0.4) is 0 Å². The molecule has 0 bridgehead atoms. The van der Waals surface area contributed by atoms with E-state index in [9.17, 15) is 0 Å². The molecule has 0 aliphatic rings. The Morgan fingerprint density at radius 1 is 1.26 bits per heavy atom. The molecule has 1 aromatic carbocycles. The van der Waals surface area contributed by atoms with Crippen molar-refractivity contribution in [3.05, 3.63) is 48.0 Å². The molecule has 0 fully saturated rings. The van der Waals surface area contributed by atoms with Crippen molar-refractivity contribution in [1.29, 1.82) is 0 Å². The number of alkyl halides is 1. The topological polar surface area (TPSA) is 35.6 Å². The lowest BCUT2D eigenvalue weighted by atomic mass is 10.3. The van der Waals surface area contributed by atoms with Crippen LogP contribution < -0.4 is 0 Å². The number of nitrogens with zero attached hydrogens (tertiary/aromatic N) is 4. The molecule has 5 heteroatoms. The minimum atomic E-state index is -0.124. The first kappa shape index (κ1) is 12.2. The van der Waals surface area contributed by atoms with E-state index in [2.05, 4.69) is 20.7 Å². The van der Waals surface area contributed by atoms with Crippen LogP contribution in [0.25, 0.3) is 11.0 Å². The van der Waals surface area contributed by atoms with Gasteiger partial charge in [0.05, 0.1) is 28.6 Å². The number of para-hydroxylation sites is 2. The number of imidazole rings is 1. The molecule has 1 unspecified atom stereocenters. The third-order valence-corrected chi connectivity index (χ3v) is 3.48. The first-order valence-corrected chi connectivity index (χ1v) is 6.66. The Bertz CT molecular complexity index is 711. The van der Waals surface area contributed by atoms with Gasteiger partial charge in [0.25, 0.3) is 0 Å². The maximum atomic E-state index is 6.25. The lowest BCUT2D eigenvalue weighted by molar-refractivity contribution is 0.654. The normalized spacial score (nSPS) is 13.0. The number of rotatable bonds is 3. The fourth-order valence-electron chi connectivity index (χ4n) is 2.28. The van der Waals surface area contributed by atoms with Crippen LogP contribution in [0.5, 0.6) is 0 Å². The molecule has 0 aliphatic heterocycles. The Balaban J connectivity index is 2.15. The molecule has 1 atom stereocenters. The maximum Gasteiger partial charge on any atom is 0.128 e. The Hall–Kier alpha value is -1.81. The van der Waals surface area contributed by atoms with Gasteiger partial charge in [-0.25, -0.2) is 4.98 Å². The zero-order valence-electron chi connectivity index (χ0n) is 10.9. The Morgan fingerprint density at radius 2 is 2.05 bits per heavy atom. The standard InChI is InChI=1S/C14H15ClN4/c1-10(15)14-17-12-5-3-4-6-13(12)19(14)9-11-7-8-16-18(11)2/h3-8,10H,9H2,1-2H3. The van der Waals surface area contributed by atoms with Crippen LogP contribution in [0.15, 0.2) is 36.5 Å². The van der Waals surface area contributed by atoms with Crippen LogP contribution in [-0.4, -0.2) is 19.3 Å². The highest BCUT2D eigenvalue weighted by molar-refractivity contribution is 6.20. The second-order valence-corrected chi connectivity index (χ2v) is 5.26. The number of halogens is 1. The smallest absolute Gasteiger partial charge is 0.128 e. The largest absolute Gasteiger partial charge is 0.321 e. The predicted octanol–water partition coefficient (Wildman–Crippen LogP) is 3.12. The zero-order chi connectivity index (χ0) is 13.4. The first-order valence-electron chi connectivity index (χ1n) is 6.23. The van der Waals surface area contributed by atoms with Crippen molar-refractivity contribution in [1.82, 2.24) is 19.3 Å². The summed E-state index contributed by atoms with van der Waals surface area (Å²) in [6.45, 7) is 2.67. The van der Waals surface area contributed by atoms with Gasteiger partial charge in [-0.2, -0.15) is 5.10 Å². The zero-order valence-corrected chi connectivity index (χ0v) is 11.7. The summed E-state index contributed by atoms with van der Waals surface area (Å²) in [5.41, 5.74) is 3.21. The number of fused-ring (bicyclic) bond motifs is 1. The molecule has 0 saturated carbocycles. The van der Waals surface area contributed by atoms with Gasteiger partial charge in [-0.05, 0) is 25.1 Å². The van der Waals surface area contributed by atoms with Gasteiger partial charge < -0.3 is 4.57 Å². The van der Waals surface area contributed by atoms with Crippen molar-refractivity contribution in [2.45, 2.75) is 18.8 Å². The molecule has 19 heavy (non-hydrogen) atoms. The minimum absolute atomic E-state index is 0.124. The van der Waals surface area contributed by atoms with Crippen LogP contribution in [0.1, 0.15) is 23.8 Å². The van der Waals surface area contributed by atoms with Crippen molar-refractivity contribution < 1.29 is 0 Å². The molecule has 2 aromatic heterocycles. The maximum absolute atomic E-state index is 6.25. The molecule has 3 rings (SSSR count). The molecule has 2 heterocycles. The Kier molecular flexibility index (Phi) is 3.03. The third kappa shape index (κ3) is 2.12. The molecule has 0 N–H and O–H groups in total. The molecule has 0 saturated heterocycles. The molecule has 0 radical (unpaired) electrons. The quantitative estimate of drug-likeness (QED) is 0.688. The number of aryl methyl sites for hydroxylation is 1. The van der Waals surface area contributed by atoms with Crippen LogP contribution in [-0.2, 0) is 13.6 Å². The predicted molar refractivity (Wildman–Crippen MR) is 76.3 cm³/mol. The summed E-state index contributed by atoms with van der Waals surface area (Å²) in [6, 6.07) is 10.1. The van der Waals surface area contributed by atoms with Crippen molar-refractivity contribution >= 4 is 22.6 Å². The monoisotopic (exact) mass is 274 g/mol. The van der Waals surface area contributed by atoms with Gasteiger partial charge in [0.2, 0.25) is 0 Å². The van der Waals surface area contributed by atoms with Gasteiger partial charge in [-0.3, -0.25) is 4.68 Å². The van der Waals surface area contributed by atoms with Gasteiger partial charge in [0.15, 0.2) is 0 Å². The van der Waals surface area contributed by atoms with E-state index in [4.69, 9.17) is 11.6 Å². The van der Waals surface area contributed by atoms with E-state index < -0.39 is 0 Å². The van der Waals surface area contributed by atoms with Crippen LogP contribution in [0.4, 0.5) is 0 Å². The number of hydrogen-bond donors (Lipinski definition) is 0. The van der Waals surface area contributed by atoms with E-state index in [1.807, 2.05) is 42.9 Å². The molecule has 0 spiro atoms. The summed E-state index contributed by atoms with van der Waals surface area (Å²) >= 11 is 6.25. The van der Waals surface area contributed by atoms with Crippen LogP contribution in [0, 0.1) is 0 Å². The second-order valence-electron chi connectivity index (χ2n) is 4.61. The van der Waals surface area contributed by atoms with Gasteiger partial charge in [0.1, 0.15) is 5.82 Å². The van der Waals surface area contributed by atoms with E-state index in [1.54, 1.807) is 6.20 Å². The van der Waals surface area contributed by atoms with Crippen LogP contribution >= 0.6 is 11.6 Å². The highest BCUT2D eigenvalue weighted by atomic mass is 35.5. The van der Waals surface area contributed by atoms with E-state index in [1.165, 1.54) is 0 Å². The highest BCUT2D eigenvalue weighted by Crippen LogP contribution is 2.25. The molecule has 4 nitrogen and oxygen atoms in total. The molecule has 0 amide bonds. The van der Waals surface area contributed by atoms with Crippen molar-refractivity contribution in [3.8, 4) is 0 Å². The third-order valence-electron chi connectivity index (χ3n) is 3.28. The van der Waals surface area contributed by atoms with E-state index in [-0.39, 0.29) is 5.38 Å². The second kappa shape index (κ2) is 4.70. The number of aromatic nitrogens is 4. The van der Waals surface area contributed by atoms with Gasteiger partial charge in [0, 0.05) is 13.2 Å². The summed E-state index contributed by atoms with van der Waals surface area (Å²) < 4.78 is 4.03. The van der Waals surface area contributed by atoms with Crippen molar-refractivity contribution in [3.63, 3.8) is 0 Å². The van der Waals surface area contributed by atoms with Crippen LogP contribution in [0.2, 0.25) is 0 Å². The fraction of sp³-hybridized carbons (Fsp3) is 0.286. The average Bonchev–Trinajstić information content (AvgIpc) is 2.95. The average molecular weight is 275 g/mol. The van der Waals surface area contributed by atoms with E-state index in [0.717, 1.165) is 29.1 Å². The van der Waals surface area contributed by atoms with Crippen molar-refractivity contribution in [2.75, 3.05) is 0 Å². The molecule has 98 valence electrons. The van der Waals surface area contributed by atoms with Gasteiger partial charge in [-0.15, -0.1) is 11.6 Å². The minimum Gasteiger partial charge on any atom is -0.321 e. The Morgan fingerprint density at radius 3 is 2.74 bits per heavy atom. The first-order chi connectivity index (χ1) is 9.16. The summed E-state index contributed by atoms with van der Waals surface area (Å²) in [5, 5.41) is 4.08.